The molecule has 2 aliphatic heterocycles. The van der Waals surface area contributed by atoms with E-state index in [-0.39, 0.29) is 48.7 Å². The number of nitrogens with one attached hydrogen (secondary N) is 2. The number of carbonyl (C=O) groups is 1. The van der Waals surface area contributed by atoms with E-state index in [1.165, 1.54) is 11.8 Å². The van der Waals surface area contributed by atoms with Gasteiger partial charge in [-0.2, -0.15) is 0 Å². The van der Waals surface area contributed by atoms with E-state index < -0.39 is 12.2 Å². The number of nitrogens with zero attached hydrogens (tertiary/aromatic N) is 3. The Kier molecular flexibility index (Phi) is 11.0. The van der Waals surface area contributed by atoms with Crippen molar-refractivity contribution in [3.8, 4) is 22.6 Å². The van der Waals surface area contributed by atoms with Crippen molar-refractivity contribution in [2.24, 2.45) is 5.92 Å². The number of alkyl halides is 2. The number of rotatable bonds is 10. The Balaban J connectivity index is 1.31. The van der Waals surface area contributed by atoms with Crippen molar-refractivity contribution in [2.45, 2.75) is 102 Å². The van der Waals surface area contributed by atoms with Crippen molar-refractivity contribution in [1.29, 1.82) is 0 Å². The number of aryl methyl sites for hydroxylation is 1. The van der Waals surface area contributed by atoms with Gasteiger partial charge in [-0.25, -0.2) is 13.8 Å². The third kappa shape index (κ3) is 7.90. The highest BCUT2D eigenvalue weighted by atomic mass is 32.2. The van der Waals surface area contributed by atoms with E-state index in [0.29, 0.717) is 33.8 Å². The number of aromatic amines is 1. The Bertz CT molecular complexity index is 1790. The Morgan fingerprint density at radius 1 is 1.12 bits per heavy atom. The number of carbonyl (C=O) groups excluding carboxylic acids is 1. The minimum atomic E-state index is -2.37. The van der Waals surface area contributed by atoms with Gasteiger partial charge in [-0.05, 0) is 90.9 Å². The van der Waals surface area contributed by atoms with Gasteiger partial charge in [0.25, 0.3) is 23.7 Å². The van der Waals surface area contributed by atoms with Crippen molar-refractivity contribution in [3.63, 3.8) is 0 Å². The molecule has 0 spiro atoms. The number of ether oxygens (including phenoxy) is 3. The van der Waals surface area contributed by atoms with E-state index in [9.17, 15) is 18.4 Å². The summed E-state index contributed by atoms with van der Waals surface area (Å²) in [5.41, 5.74) is 3.49. The van der Waals surface area contributed by atoms with Crippen LogP contribution in [0.3, 0.4) is 0 Å². The maximum Gasteiger partial charge on any atom is 0.254 e. The third-order valence-corrected chi connectivity index (χ3v) is 11.3. The molecule has 276 valence electrons. The van der Waals surface area contributed by atoms with E-state index >= 15 is 0 Å². The van der Waals surface area contributed by atoms with Crippen LogP contribution in [0, 0.1) is 19.8 Å². The summed E-state index contributed by atoms with van der Waals surface area (Å²) in [7, 11) is 1.76. The second-order valence-corrected chi connectivity index (χ2v) is 15.2. The fraction of sp³-hybridized carbons (Fsp3) is 0.553. The van der Waals surface area contributed by atoms with Gasteiger partial charge in [0.2, 0.25) is 0 Å². The van der Waals surface area contributed by atoms with Crippen LogP contribution in [0.15, 0.2) is 40.2 Å². The summed E-state index contributed by atoms with van der Waals surface area (Å²) in [4.78, 5) is 39.2. The lowest BCUT2D eigenvalue weighted by Gasteiger charge is -2.39. The number of amides is 1. The van der Waals surface area contributed by atoms with Crippen LogP contribution in [-0.2, 0) is 11.3 Å². The van der Waals surface area contributed by atoms with Crippen LogP contribution in [-0.4, -0.2) is 84.2 Å². The third-order valence-electron chi connectivity index (χ3n) is 10.5. The van der Waals surface area contributed by atoms with Crippen molar-refractivity contribution in [3.05, 3.63) is 63.2 Å². The van der Waals surface area contributed by atoms with Gasteiger partial charge in [0.1, 0.15) is 5.82 Å². The highest BCUT2D eigenvalue weighted by Gasteiger charge is 2.48. The van der Waals surface area contributed by atoms with Crippen LogP contribution in [0.5, 0.6) is 11.5 Å². The molecule has 3 aromatic rings. The number of thioether (sulfide) groups is 1. The topological polar surface area (TPSA) is 109 Å². The number of aromatic nitrogens is 2. The zero-order chi connectivity index (χ0) is 36.6. The number of H-pyrrole nitrogens is 1. The molecule has 4 heterocycles. The molecule has 1 saturated carbocycles. The minimum absolute atomic E-state index is 0.00894. The molecular weight excluding hydrogens is 677 g/mol. The summed E-state index contributed by atoms with van der Waals surface area (Å²) in [6, 6.07) is 7.76. The molecule has 0 radical (unpaired) electrons. The molecule has 51 heavy (non-hydrogen) atoms. The molecule has 3 atom stereocenters. The van der Waals surface area contributed by atoms with E-state index in [2.05, 4.69) is 29.0 Å². The molecule has 1 aliphatic carbocycles. The lowest BCUT2D eigenvalue weighted by Crippen LogP contribution is -2.47. The quantitative estimate of drug-likeness (QED) is 0.225. The van der Waals surface area contributed by atoms with Crippen LogP contribution in [0.1, 0.15) is 73.6 Å². The first-order valence-electron chi connectivity index (χ1n) is 17.7. The van der Waals surface area contributed by atoms with Gasteiger partial charge in [-0.1, -0.05) is 0 Å². The first-order valence-corrected chi connectivity index (χ1v) is 18.9. The second-order valence-electron chi connectivity index (χ2n) is 14.4. The number of anilines is 1. The van der Waals surface area contributed by atoms with Crippen molar-refractivity contribution in [2.75, 3.05) is 37.8 Å². The first-order chi connectivity index (χ1) is 24.3. The number of hydrogen-bond donors (Lipinski definition) is 2. The average molecular weight is 726 g/mol. The number of hydrogen-bond acceptors (Lipinski definition) is 9. The smallest absolute Gasteiger partial charge is 0.254 e. The number of fused-ring (bicyclic) bond motifs is 1. The van der Waals surface area contributed by atoms with Crippen LogP contribution in [0.25, 0.3) is 11.1 Å². The molecule has 3 unspecified atom stereocenters. The summed E-state index contributed by atoms with van der Waals surface area (Å²) >= 11 is 1.46. The Morgan fingerprint density at radius 2 is 1.80 bits per heavy atom. The fourth-order valence-electron chi connectivity index (χ4n) is 7.81. The van der Waals surface area contributed by atoms with Crippen molar-refractivity contribution in [1.82, 2.24) is 20.2 Å². The monoisotopic (exact) mass is 725 g/mol. The van der Waals surface area contributed by atoms with Crippen LogP contribution in [0.4, 0.5) is 14.6 Å². The van der Waals surface area contributed by atoms with Gasteiger partial charge < -0.3 is 29.4 Å². The Labute approximate surface area is 302 Å². The molecule has 1 saturated heterocycles. The number of morpholine rings is 1. The largest absolute Gasteiger partial charge is 0.448 e. The maximum atomic E-state index is 13.9. The van der Waals surface area contributed by atoms with Crippen molar-refractivity contribution >= 4 is 23.5 Å². The summed E-state index contributed by atoms with van der Waals surface area (Å²) in [5, 5.41) is 2.97. The molecule has 13 heteroatoms. The first kappa shape index (κ1) is 37.1. The highest BCUT2D eigenvalue weighted by molar-refractivity contribution is 7.98. The predicted molar refractivity (Wildman–Crippen MR) is 195 cm³/mol. The summed E-state index contributed by atoms with van der Waals surface area (Å²) in [6.07, 6.45) is 4.51. The molecular formula is C38H49F2N5O5S. The SMILES string of the molecule is CSc1cc(C)[nH]c(=O)c1CNC(=O)c1cc(-c2ccc(N3CC(C)OC(C)C3)nc2)c2c(c1C)OC(C)(C1CCC(N(C)CC(F)F)CC1)O2. The molecule has 0 bridgehead atoms. The molecule has 6 rings (SSSR count). The van der Waals surface area contributed by atoms with E-state index in [4.69, 9.17) is 19.2 Å². The molecule has 1 aromatic carbocycles. The molecule has 2 fully saturated rings. The normalized spacial score (nSPS) is 24.7. The zero-order valence-corrected chi connectivity index (χ0v) is 31.3. The lowest BCUT2D eigenvalue weighted by atomic mass is 9.81. The maximum absolute atomic E-state index is 13.9. The Morgan fingerprint density at radius 3 is 2.43 bits per heavy atom. The van der Waals surface area contributed by atoms with E-state index in [0.717, 1.165) is 60.7 Å². The van der Waals surface area contributed by atoms with Crippen LogP contribution < -0.4 is 25.2 Å². The standard InChI is InChI=1S/C38H49F2N5O5S/c1-21-14-31(51-7)30(37(47)43-21)17-42-36(46)28-15-29(25-8-13-33(41-16-25)45-18-22(2)48-23(3)19-45)35-34(24(28)4)49-38(5,50-35)26-9-11-27(12-10-26)44(6)20-32(39)40/h8,13-16,22-23,26-27,32H,9-12,17-20H2,1-7H3,(H,42,46)(H,43,47). The molecule has 2 aromatic heterocycles. The molecule has 2 N–H and O–H groups in total. The van der Waals surface area contributed by atoms with Gasteiger partial charge in [0.05, 0.1) is 18.8 Å². The van der Waals surface area contributed by atoms with E-state index in [1.54, 1.807) is 18.1 Å². The number of halogens is 2. The lowest BCUT2D eigenvalue weighted by molar-refractivity contribution is -0.124. The van der Waals surface area contributed by atoms with Gasteiger partial charge in [0.15, 0.2) is 11.5 Å². The molecule has 3 aliphatic rings. The summed E-state index contributed by atoms with van der Waals surface area (Å²) in [5.74, 6) is 0.533. The molecule has 10 nitrogen and oxygen atoms in total. The summed E-state index contributed by atoms with van der Waals surface area (Å²) in [6.45, 7) is 11.0. The predicted octanol–water partition coefficient (Wildman–Crippen LogP) is 6.56. The minimum Gasteiger partial charge on any atom is -0.448 e. The zero-order valence-electron chi connectivity index (χ0n) is 30.5. The molecule has 1 amide bonds. The van der Waals surface area contributed by atoms with E-state index in [1.807, 2.05) is 51.3 Å². The Hall–Kier alpha value is -3.68. The number of benzene rings is 1. The van der Waals surface area contributed by atoms with Gasteiger partial charge in [-0.3, -0.25) is 14.5 Å². The van der Waals surface area contributed by atoms with Gasteiger partial charge >= 0.3 is 0 Å². The number of pyridine rings is 2. The second kappa shape index (κ2) is 15.1. The fourth-order valence-corrected chi connectivity index (χ4v) is 8.51. The van der Waals surface area contributed by atoms with Crippen LogP contribution >= 0.6 is 11.8 Å². The van der Waals surface area contributed by atoms with Gasteiger partial charge in [-0.15, -0.1) is 11.8 Å². The average Bonchev–Trinajstić information content (AvgIpc) is 3.46. The summed E-state index contributed by atoms with van der Waals surface area (Å²) < 4.78 is 45.6. The van der Waals surface area contributed by atoms with Crippen molar-refractivity contribution < 1.29 is 27.8 Å². The van der Waals surface area contributed by atoms with Crippen LogP contribution in [0.2, 0.25) is 0 Å². The highest BCUT2D eigenvalue weighted by Crippen LogP contribution is 2.53. The van der Waals surface area contributed by atoms with Gasteiger partial charge in [0, 0.05) is 83.1 Å².